The fraction of sp³-hybridized carbons (Fsp3) is 0.588. The number of halogens is 2. The van der Waals surface area contributed by atoms with E-state index in [1.54, 1.807) is 18.2 Å². The van der Waals surface area contributed by atoms with Gasteiger partial charge in [0.2, 0.25) is 0 Å². The van der Waals surface area contributed by atoms with Crippen LogP contribution in [0.4, 0.5) is 0 Å². The summed E-state index contributed by atoms with van der Waals surface area (Å²) in [6.45, 7) is 8.66. The lowest BCUT2D eigenvalue weighted by Gasteiger charge is -2.34. The largest absolute Gasteiger partial charge is 0.352 e. The zero-order valence-electron chi connectivity index (χ0n) is 13.2. The third-order valence-electron chi connectivity index (χ3n) is 4.06. The summed E-state index contributed by atoms with van der Waals surface area (Å²) in [7, 11) is 0. The molecule has 5 heteroatoms. The highest BCUT2D eigenvalue weighted by molar-refractivity contribution is 6.36. The van der Waals surface area contributed by atoms with Crippen LogP contribution in [0.2, 0.25) is 10.0 Å². The molecule has 1 aliphatic rings. The van der Waals surface area contributed by atoms with Crippen molar-refractivity contribution in [3.05, 3.63) is 33.8 Å². The molecule has 22 heavy (non-hydrogen) atoms. The van der Waals surface area contributed by atoms with E-state index in [-0.39, 0.29) is 5.91 Å². The molecule has 0 unspecified atom stereocenters. The van der Waals surface area contributed by atoms with Crippen molar-refractivity contribution in [3.8, 4) is 0 Å². The summed E-state index contributed by atoms with van der Waals surface area (Å²) in [6.07, 6.45) is 2.28. The average Bonchev–Trinajstić information content (AvgIpc) is 2.42. The molecule has 1 fully saturated rings. The van der Waals surface area contributed by atoms with Crippen molar-refractivity contribution in [1.29, 1.82) is 0 Å². The van der Waals surface area contributed by atoms with Crippen LogP contribution in [0.15, 0.2) is 18.2 Å². The Morgan fingerprint density at radius 2 is 1.95 bits per heavy atom. The van der Waals surface area contributed by atoms with E-state index < -0.39 is 0 Å². The van der Waals surface area contributed by atoms with Crippen LogP contribution in [-0.4, -0.2) is 37.0 Å². The number of piperidine rings is 1. The van der Waals surface area contributed by atoms with E-state index in [4.69, 9.17) is 23.2 Å². The van der Waals surface area contributed by atoms with Crippen LogP contribution in [0, 0.1) is 11.8 Å². The summed E-state index contributed by atoms with van der Waals surface area (Å²) in [5.74, 6) is 1.40. The van der Waals surface area contributed by atoms with Gasteiger partial charge in [-0.25, -0.2) is 0 Å². The van der Waals surface area contributed by atoms with Crippen molar-refractivity contribution >= 4 is 29.1 Å². The average molecular weight is 343 g/mol. The van der Waals surface area contributed by atoms with Crippen molar-refractivity contribution in [3.63, 3.8) is 0 Å². The highest BCUT2D eigenvalue weighted by Gasteiger charge is 2.21. The number of likely N-dealkylation sites (tertiary alicyclic amines) is 1. The molecule has 0 bridgehead atoms. The van der Waals surface area contributed by atoms with Crippen LogP contribution in [-0.2, 0) is 0 Å². The van der Waals surface area contributed by atoms with Gasteiger partial charge < -0.3 is 10.2 Å². The normalized spacial score (nSPS) is 22.5. The topological polar surface area (TPSA) is 32.3 Å². The molecule has 2 atom stereocenters. The molecule has 1 aromatic rings. The van der Waals surface area contributed by atoms with Crippen molar-refractivity contribution in [1.82, 2.24) is 10.2 Å². The Kier molecular flexibility index (Phi) is 6.54. The number of nitrogens with one attached hydrogen (secondary N) is 1. The van der Waals surface area contributed by atoms with Gasteiger partial charge in [-0.2, -0.15) is 0 Å². The smallest absolute Gasteiger partial charge is 0.252 e. The van der Waals surface area contributed by atoms with Gasteiger partial charge in [0.25, 0.3) is 5.91 Å². The molecule has 0 radical (unpaired) electrons. The summed E-state index contributed by atoms with van der Waals surface area (Å²) in [5.41, 5.74) is 0.478. The maximum absolute atomic E-state index is 12.1. The van der Waals surface area contributed by atoms with E-state index in [2.05, 4.69) is 24.1 Å². The van der Waals surface area contributed by atoms with Crippen molar-refractivity contribution in [2.75, 3.05) is 26.2 Å². The van der Waals surface area contributed by atoms with Crippen LogP contribution in [0.5, 0.6) is 0 Å². The van der Waals surface area contributed by atoms with Crippen molar-refractivity contribution < 1.29 is 4.79 Å². The molecule has 1 saturated heterocycles. The Bertz CT molecular complexity index is 511. The lowest BCUT2D eigenvalue weighted by molar-refractivity contribution is 0.0947. The van der Waals surface area contributed by atoms with Crippen LogP contribution in [0.3, 0.4) is 0 Å². The molecular formula is C17H24Cl2N2O. The lowest BCUT2D eigenvalue weighted by atomic mass is 9.92. The summed E-state index contributed by atoms with van der Waals surface area (Å²) in [6, 6.07) is 4.93. The summed E-state index contributed by atoms with van der Waals surface area (Å²) >= 11 is 11.9. The molecule has 0 saturated carbocycles. The van der Waals surface area contributed by atoms with E-state index in [0.29, 0.717) is 22.2 Å². The van der Waals surface area contributed by atoms with Gasteiger partial charge in [-0.05, 0) is 49.4 Å². The second-order valence-corrected chi connectivity index (χ2v) is 7.28. The van der Waals surface area contributed by atoms with Gasteiger partial charge in [0, 0.05) is 24.7 Å². The van der Waals surface area contributed by atoms with E-state index in [1.165, 1.54) is 19.5 Å². The van der Waals surface area contributed by atoms with Gasteiger partial charge in [0.1, 0.15) is 0 Å². The first-order chi connectivity index (χ1) is 10.5. The molecule has 1 N–H and O–H groups in total. The highest BCUT2D eigenvalue weighted by atomic mass is 35.5. The Balaban J connectivity index is 1.73. The standard InChI is InChI=1S/C17H24Cl2N2O/c1-12-8-13(2)11-21(10-12)7-3-6-20-17(22)15-5-4-14(18)9-16(15)19/h4-5,9,12-13H,3,6-8,10-11H2,1-2H3,(H,20,22)/t12-,13+. The number of amides is 1. The Morgan fingerprint density at radius 1 is 1.27 bits per heavy atom. The molecule has 2 rings (SSSR count). The predicted molar refractivity (Wildman–Crippen MR) is 92.8 cm³/mol. The molecule has 0 aromatic heterocycles. The highest BCUT2D eigenvalue weighted by Crippen LogP contribution is 2.21. The number of benzene rings is 1. The molecule has 1 aromatic carbocycles. The summed E-state index contributed by atoms with van der Waals surface area (Å²) < 4.78 is 0. The maximum atomic E-state index is 12.1. The van der Waals surface area contributed by atoms with Gasteiger partial charge in [-0.15, -0.1) is 0 Å². The van der Waals surface area contributed by atoms with Gasteiger partial charge in [-0.1, -0.05) is 37.0 Å². The number of carbonyl (C=O) groups is 1. The summed E-state index contributed by atoms with van der Waals surface area (Å²) in [4.78, 5) is 14.6. The maximum Gasteiger partial charge on any atom is 0.252 e. The molecule has 0 aliphatic carbocycles. The number of hydrogen-bond acceptors (Lipinski definition) is 2. The van der Waals surface area contributed by atoms with Crippen LogP contribution >= 0.6 is 23.2 Å². The first kappa shape index (κ1) is 17.6. The third-order valence-corrected chi connectivity index (χ3v) is 4.60. The number of hydrogen-bond donors (Lipinski definition) is 1. The van der Waals surface area contributed by atoms with Crippen molar-refractivity contribution in [2.45, 2.75) is 26.7 Å². The Hall–Kier alpha value is -0.770. The molecule has 1 amide bonds. The van der Waals surface area contributed by atoms with Gasteiger partial charge >= 0.3 is 0 Å². The molecule has 3 nitrogen and oxygen atoms in total. The Labute approximate surface area is 143 Å². The zero-order chi connectivity index (χ0) is 16.1. The number of rotatable bonds is 5. The minimum atomic E-state index is -0.137. The quantitative estimate of drug-likeness (QED) is 0.817. The first-order valence-electron chi connectivity index (χ1n) is 7.91. The molecule has 122 valence electrons. The molecule has 1 heterocycles. The molecular weight excluding hydrogens is 319 g/mol. The van der Waals surface area contributed by atoms with Crippen LogP contribution < -0.4 is 5.32 Å². The van der Waals surface area contributed by atoms with E-state index in [0.717, 1.165) is 24.8 Å². The Morgan fingerprint density at radius 3 is 2.59 bits per heavy atom. The monoisotopic (exact) mass is 342 g/mol. The van der Waals surface area contributed by atoms with Crippen LogP contribution in [0.1, 0.15) is 37.0 Å². The van der Waals surface area contributed by atoms with Crippen LogP contribution in [0.25, 0.3) is 0 Å². The second kappa shape index (κ2) is 8.19. The minimum Gasteiger partial charge on any atom is -0.352 e. The van der Waals surface area contributed by atoms with E-state index >= 15 is 0 Å². The van der Waals surface area contributed by atoms with Crippen molar-refractivity contribution in [2.24, 2.45) is 11.8 Å². The van der Waals surface area contributed by atoms with Gasteiger partial charge in [0.05, 0.1) is 10.6 Å². The SMILES string of the molecule is C[C@@H]1C[C@H](C)CN(CCCNC(=O)c2ccc(Cl)cc2Cl)C1. The number of nitrogens with zero attached hydrogens (tertiary/aromatic N) is 1. The molecule has 1 aliphatic heterocycles. The van der Waals surface area contributed by atoms with Gasteiger partial charge in [0.15, 0.2) is 0 Å². The van der Waals surface area contributed by atoms with E-state index in [1.807, 2.05) is 0 Å². The van der Waals surface area contributed by atoms with Gasteiger partial charge in [-0.3, -0.25) is 4.79 Å². The minimum absolute atomic E-state index is 0.137. The van der Waals surface area contributed by atoms with E-state index in [9.17, 15) is 4.79 Å². The summed E-state index contributed by atoms with van der Waals surface area (Å²) in [5, 5.41) is 3.86. The number of carbonyl (C=O) groups excluding carboxylic acids is 1. The fourth-order valence-electron chi connectivity index (χ4n) is 3.25. The zero-order valence-corrected chi connectivity index (χ0v) is 14.8. The fourth-order valence-corrected chi connectivity index (χ4v) is 3.74. The first-order valence-corrected chi connectivity index (χ1v) is 8.67. The third kappa shape index (κ3) is 5.15. The molecule has 0 spiro atoms. The second-order valence-electron chi connectivity index (χ2n) is 6.44. The predicted octanol–water partition coefficient (Wildman–Crippen LogP) is 4.09. The lowest BCUT2D eigenvalue weighted by Crippen LogP contribution is -2.40.